The molecule has 0 radical (unpaired) electrons. The molecular weight excluding hydrogens is 254 g/mol. The van der Waals surface area contributed by atoms with Crippen LogP contribution in [0.5, 0.6) is 0 Å². The number of amides is 1. The van der Waals surface area contributed by atoms with Crippen molar-refractivity contribution in [2.24, 2.45) is 0 Å². The lowest BCUT2D eigenvalue weighted by molar-refractivity contribution is 0.102. The highest BCUT2D eigenvalue weighted by molar-refractivity contribution is 6.05. The molecule has 0 atom stereocenters. The summed E-state index contributed by atoms with van der Waals surface area (Å²) < 4.78 is 5.34. The third-order valence-corrected chi connectivity index (χ3v) is 3.10. The molecular formula is C16H17NO3. The predicted octanol–water partition coefficient (Wildman–Crippen LogP) is 3.13. The standard InChI is InChI=1S/C16H17NO3/c1-9-5-6-13(10(2)7-9)17-16(19)15-12(4)20-11(3)8-14(15)18/h5-8H,1-4H3,(H,17,19). The first-order valence-electron chi connectivity index (χ1n) is 6.38. The van der Waals surface area contributed by atoms with Crippen molar-refractivity contribution in [3.63, 3.8) is 0 Å². The highest BCUT2D eigenvalue weighted by Crippen LogP contribution is 2.17. The van der Waals surface area contributed by atoms with E-state index in [1.807, 2.05) is 32.0 Å². The van der Waals surface area contributed by atoms with Crippen LogP contribution < -0.4 is 10.7 Å². The maximum absolute atomic E-state index is 12.2. The first kappa shape index (κ1) is 14.1. The average Bonchev–Trinajstić information content (AvgIpc) is 2.31. The molecule has 2 rings (SSSR count). The maximum atomic E-state index is 12.2. The van der Waals surface area contributed by atoms with Gasteiger partial charge in [0, 0.05) is 11.8 Å². The molecule has 1 amide bonds. The topological polar surface area (TPSA) is 59.3 Å². The van der Waals surface area contributed by atoms with Gasteiger partial charge in [-0.3, -0.25) is 9.59 Å². The van der Waals surface area contributed by atoms with Crippen molar-refractivity contribution in [2.45, 2.75) is 27.7 Å². The monoisotopic (exact) mass is 271 g/mol. The third kappa shape index (κ3) is 2.79. The zero-order chi connectivity index (χ0) is 14.9. The largest absolute Gasteiger partial charge is 0.466 e. The summed E-state index contributed by atoms with van der Waals surface area (Å²) >= 11 is 0. The summed E-state index contributed by atoms with van der Waals surface area (Å²) in [7, 11) is 0. The van der Waals surface area contributed by atoms with Crippen molar-refractivity contribution < 1.29 is 9.21 Å². The van der Waals surface area contributed by atoms with Gasteiger partial charge < -0.3 is 9.73 Å². The molecule has 1 heterocycles. The second-order valence-corrected chi connectivity index (χ2v) is 4.92. The predicted molar refractivity (Wildman–Crippen MR) is 78.3 cm³/mol. The summed E-state index contributed by atoms with van der Waals surface area (Å²) in [6, 6.07) is 7.03. The van der Waals surface area contributed by atoms with Gasteiger partial charge in [0.25, 0.3) is 5.91 Å². The Balaban J connectivity index is 2.36. The maximum Gasteiger partial charge on any atom is 0.263 e. The third-order valence-electron chi connectivity index (χ3n) is 3.10. The Morgan fingerprint density at radius 2 is 1.80 bits per heavy atom. The zero-order valence-corrected chi connectivity index (χ0v) is 12.0. The lowest BCUT2D eigenvalue weighted by Crippen LogP contribution is -2.23. The summed E-state index contributed by atoms with van der Waals surface area (Å²) in [4.78, 5) is 24.1. The molecule has 0 aliphatic carbocycles. The van der Waals surface area contributed by atoms with E-state index < -0.39 is 5.91 Å². The second kappa shape index (κ2) is 5.33. The van der Waals surface area contributed by atoms with Crippen LogP contribution in [0.2, 0.25) is 0 Å². The zero-order valence-electron chi connectivity index (χ0n) is 12.0. The molecule has 1 aromatic carbocycles. The Morgan fingerprint density at radius 1 is 1.10 bits per heavy atom. The molecule has 2 aromatic rings. The van der Waals surface area contributed by atoms with E-state index in [1.54, 1.807) is 13.8 Å². The van der Waals surface area contributed by atoms with E-state index in [-0.39, 0.29) is 11.0 Å². The Morgan fingerprint density at radius 3 is 2.40 bits per heavy atom. The van der Waals surface area contributed by atoms with E-state index in [0.29, 0.717) is 17.2 Å². The summed E-state index contributed by atoms with van der Waals surface area (Å²) in [6.07, 6.45) is 0. The Bertz CT molecular complexity index is 729. The van der Waals surface area contributed by atoms with Gasteiger partial charge >= 0.3 is 0 Å². The van der Waals surface area contributed by atoms with Gasteiger partial charge in [-0.25, -0.2) is 0 Å². The Hall–Kier alpha value is -2.36. The minimum atomic E-state index is -0.441. The fraction of sp³-hybridized carbons (Fsp3) is 0.250. The summed E-state index contributed by atoms with van der Waals surface area (Å²) in [5.74, 6) is 0.385. The van der Waals surface area contributed by atoms with Gasteiger partial charge in [0.15, 0.2) is 5.43 Å². The van der Waals surface area contributed by atoms with Crippen molar-refractivity contribution >= 4 is 11.6 Å². The summed E-state index contributed by atoms with van der Waals surface area (Å²) in [6.45, 7) is 7.19. The molecule has 0 aliphatic heterocycles. The number of anilines is 1. The van der Waals surface area contributed by atoms with Crippen LogP contribution in [-0.2, 0) is 0 Å². The molecule has 4 heteroatoms. The molecule has 4 nitrogen and oxygen atoms in total. The van der Waals surface area contributed by atoms with Crippen LogP contribution in [0.15, 0.2) is 33.5 Å². The number of rotatable bonds is 2. The van der Waals surface area contributed by atoms with Gasteiger partial charge in [-0.1, -0.05) is 17.7 Å². The number of benzene rings is 1. The normalized spacial score (nSPS) is 10.4. The van der Waals surface area contributed by atoms with Crippen molar-refractivity contribution in [1.82, 2.24) is 0 Å². The first-order chi connectivity index (χ1) is 9.38. The average molecular weight is 271 g/mol. The molecule has 1 N–H and O–H groups in total. The molecule has 0 bridgehead atoms. The molecule has 0 unspecified atom stereocenters. The van der Waals surface area contributed by atoms with Gasteiger partial charge in [0.2, 0.25) is 0 Å². The molecule has 104 valence electrons. The fourth-order valence-electron chi connectivity index (χ4n) is 2.16. The van der Waals surface area contributed by atoms with Crippen LogP contribution in [0.4, 0.5) is 5.69 Å². The highest BCUT2D eigenvalue weighted by atomic mass is 16.3. The Kier molecular flexibility index (Phi) is 3.74. The number of nitrogens with one attached hydrogen (secondary N) is 1. The van der Waals surface area contributed by atoms with Gasteiger partial charge in [-0.15, -0.1) is 0 Å². The van der Waals surface area contributed by atoms with E-state index in [2.05, 4.69) is 5.32 Å². The van der Waals surface area contributed by atoms with Crippen LogP contribution in [0, 0.1) is 27.7 Å². The van der Waals surface area contributed by atoms with E-state index >= 15 is 0 Å². The minimum Gasteiger partial charge on any atom is -0.466 e. The molecule has 0 aliphatic rings. The van der Waals surface area contributed by atoms with Crippen molar-refractivity contribution in [3.8, 4) is 0 Å². The molecule has 20 heavy (non-hydrogen) atoms. The molecule has 1 aromatic heterocycles. The smallest absolute Gasteiger partial charge is 0.263 e. The minimum absolute atomic E-state index is 0.0515. The SMILES string of the molecule is Cc1ccc(NC(=O)c2c(C)oc(C)cc2=O)c(C)c1. The van der Waals surface area contributed by atoms with Crippen LogP contribution in [-0.4, -0.2) is 5.91 Å². The van der Waals surface area contributed by atoms with Crippen LogP contribution >= 0.6 is 0 Å². The lowest BCUT2D eigenvalue weighted by atomic mass is 10.1. The van der Waals surface area contributed by atoms with E-state index in [0.717, 1.165) is 11.1 Å². The number of carbonyl (C=O) groups excluding carboxylic acids is 1. The second-order valence-electron chi connectivity index (χ2n) is 4.92. The molecule has 0 saturated heterocycles. The van der Waals surface area contributed by atoms with Gasteiger partial charge in [0.1, 0.15) is 17.1 Å². The first-order valence-corrected chi connectivity index (χ1v) is 6.38. The van der Waals surface area contributed by atoms with E-state index in [4.69, 9.17) is 4.42 Å². The number of aryl methyl sites for hydroxylation is 4. The van der Waals surface area contributed by atoms with Crippen LogP contribution in [0.25, 0.3) is 0 Å². The van der Waals surface area contributed by atoms with Gasteiger partial charge in [-0.2, -0.15) is 0 Å². The van der Waals surface area contributed by atoms with Gasteiger partial charge in [0.05, 0.1) is 0 Å². The van der Waals surface area contributed by atoms with Crippen molar-refractivity contribution in [3.05, 3.63) is 62.7 Å². The van der Waals surface area contributed by atoms with Crippen LogP contribution in [0.1, 0.15) is 33.0 Å². The lowest BCUT2D eigenvalue weighted by Gasteiger charge is -2.10. The summed E-state index contributed by atoms with van der Waals surface area (Å²) in [5.41, 5.74) is 2.49. The summed E-state index contributed by atoms with van der Waals surface area (Å²) in [5, 5.41) is 2.76. The molecule has 0 spiro atoms. The number of hydrogen-bond donors (Lipinski definition) is 1. The van der Waals surface area contributed by atoms with E-state index in [9.17, 15) is 9.59 Å². The Labute approximate surface area is 117 Å². The number of carbonyl (C=O) groups is 1. The van der Waals surface area contributed by atoms with Gasteiger partial charge in [-0.05, 0) is 39.3 Å². The fourth-order valence-corrected chi connectivity index (χ4v) is 2.16. The van der Waals surface area contributed by atoms with E-state index in [1.165, 1.54) is 6.07 Å². The highest BCUT2D eigenvalue weighted by Gasteiger charge is 2.16. The molecule has 0 fully saturated rings. The van der Waals surface area contributed by atoms with Crippen molar-refractivity contribution in [2.75, 3.05) is 5.32 Å². The van der Waals surface area contributed by atoms with Crippen molar-refractivity contribution in [1.29, 1.82) is 0 Å². The number of hydrogen-bond acceptors (Lipinski definition) is 3. The quantitative estimate of drug-likeness (QED) is 0.912. The molecule has 0 saturated carbocycles. The van der Waals surface area contributed by atoms with Crippen LogP contribution in [0.3, 0.4) is 0 Å².